The number of H-pyrrole nitrogens is 1. The largest absolute Gasteiger partial charge is 0.360 e. The number of pyridine rings is 1. The quantitative estimate of drug-likeness (QED) is 0.768. The molecule has 1 atom stereocenters. The fraction of sp³-hybridized carbons (Fsp3) is 0.350. The molecule has 6 heteroatoms. The van der Waals surface area contributed by atoms with E-state index in [1.165, 1.54) is 6.42 Å². The lowest BCUT2D eigenvalue weighted by Gasteiger charge is -2.36. The zero-order valence-corrected chi connectivity index (χ0v) is 14.7. The van der Waals surface area contributed by atoms with Crippen molar-refractivity contribution in [2.45, 2.75) is 38.3 Å². The summed E-state index contributed by atoms with van der Waals surface area (Å²) in [4.78, 5) is 22.6. The molecule has 6 nitrogen and oxygen atoms in total. The number of nitrogens with one attached hydrogen (secondary N) is 1. The summed E-state index contributed by atoms with van der Waals surface area (Å²) < 4.78 is 1.93. The Bertz CT molecular complexity index is 824. The first kappa shape index (κ1) is 16.6. The van der Waals surface area contributed by atoms with Crippen molar-refractivity contribution in [2.24, 2.45) is 0 Å². The molecule has 134 valence electrons. The lowest BCUT2D eigenvalue weighted by atomic mass is 9.98. The lowest BCUT2D eigenvalue weighted by Crippen LogP contribution is -2.44. The summed E-state index contributed by atoms with van der Waals surface area (Å²) in [5, 5.41) is 4.26. The van der Waals surface area contributed by atoms with Crippen molar-refractivity contribution in [3.8, 4) is 11.4 Å². The molecule has 4 rings (SSSR count). The third kappa shape index (κ3) is 3.54. The summed E-state index contributed by atoms with van der Waals surface area (Å²) >= 11 is 0. The van der Waals surface area contributed by atoms with E-state index in [-0.39, 0.29) is 11.9 Å². The summed E-state index contributed by atoms with van der Waals surface area (Å²) in [6.07, 6.45) is 11.6. The molecule has 4 heterocycles. The minimum absolute atomic E-state index is 0.0840. The second-order valence-corrected chi connectivity index (χ2v) is 6.72. The Morgan fingerprint density at radius 1 is 1.23 bits per heavy atom. The number of rotatable bonds is 5. The topological polar surface area (TPSA) is 66.8 Å². The maximum absolute atomic E-state index is 13.0. The van der Waals surface area contributed by atoms with Gasteiger partial charge >= 0.3 is 0 Å². The van der Waals surface area contributed by atoms with Gasteiger partial charge in [0.25, 0.3) is 5.91 Å². The van der Waals surface area contributed by atoms with Crippen molar-refractivity contribution in [3.05, 3.63) is 60.7 Å². The number of carbonyl (C=O) groups is 1. The molecular formula is C20H23N5O. The Morgan fingerprint density at radius 3 is 2.92 bits per heavy atom. The van der Waals surface area contributed by atoms with Crippen LogP contribution in [0.5, 0.6) is 0 Å². The lowest BCUT2D eigenvalue weighted by molar-refractivity contribution is 0.0593. The van der Waals surface area contributed by atoms with E-state index in [2.05, 4.69) is 15.1 Å². The van der Waals surface area contributed by atoms with Crippen molar-refractivity contribution >= 4 is 5.91 Å². The molecule has 0 bridgehead atoms. The zero-order valence-electron chi connectivity index (χ0n) is 14.7. The van der Waals surface area contributed by atoms with Gasteiger partial charge in [-0.15, -0.1) is 0 Å². The number of carbonyl (C=O) groups excluding carboxylic acids is 1. The highest BCUT2D eigenvalue weighted by Crippen LogP contribution is 2.23. The Morgan fingerprint density at radius 2 is 2.19 bits per heavy atom. The van der Waals surface area contributed by atoms with E-state index in [9.17, 15) is 4.79 Å². The fourth-order valence-electron chi connectivity index (χ4n) is 3.62. The van der Waals surface area contributed by atoms with Crippen LogP contribution >= 0.6 is 0 Å². The average Bonchev–Trinajstić information content (AvgIpc) is 3.40. The van der Waals surface area contributed by atoms with Crippen molar-refractivity contribution in [1.82, 2.24) is 24.6 Å². The van der Waals surface area contributed by atoms with Crippen LogP contribution in [0.2, 0.25) is 0 Å². The van der Waals surface area contributed by atoms with Gasteiger partial charge in [-0.05, 0) is 56.0 Å². The van der Waals surface area contributed by atoms with Crippen LogP contribution in [0.3, 0.4) is 0 Å². The Balaban J connectivity index is 1.46. The highest BCUT2D eigenvalue weighted by Gasteiger charge is 2.27. The van der Waals surface area contributed by atoms with Crippen molar-refractivity contribution < 1.29 is 4.79 Å². The second-order valence-electron chi connectivity index (χ2n) is 6.72. The summed E-state index contributed by atoms with van der Waals surface area (Å²) in [6, 6.07) is 9.89. The van der Waals surface area contributed by atoms with Gasteiger partial charge in [0.2, 0.25) is 0 Å². The molecule has 1 aliphatic rings. The molecule has 0 unspecified atom stereocenters. The van der Waals surface area contributed by atoms with E-state index >= 15 is 0 Å². The molecule has 0 saturated carbocycles. The number of hydrogen-bond donors (Lipinski definition) is 1. The maximum Gasteiger partial charge on any atom is 0.255 e. The molecule has 3 aromatic rings. The van der Waals surface area contributed by atoms with Crippen LogP contribution in [-0.4, -0.2) is 43.1 Å². The number of amides is 1. The molecular weight excluding hydrogens is 326 g/mol. The van der Waals surface area contributed by atoms with Gasteiger partial charge in [0.1, 0.15) is 0 Å². The molecule has 0 radical (unpaired) electrons. The molecule has 1 aliphatic heterocycles. The van der Waals surface area contributed by atoms with Crippen molar-refractivity contribution in [1.29, 1.82) is 0 Å². The van der Waals surface area contributed by atoms with Crippen LogP contribution in [0.25, 0.3) is 11.4 Å². The number of aromatic amines is 1. The summed E-state index contributed by atoms with van der Waals surface area (Å²) in [5.41, 5.74) is 2.46. The van der Waals surface area contributed by atoms with Crippen molar-refractivity contribution in [2.75, 3.05) is 6.54 Å². The van der Waals surface area contributed by atoms with Crippen molar-refractivity contribution in [3.63, 3.8) is 0 Å². The summed E-state index contributed by atoms with van der Waals surface area (Å²) in [5.74, 6) is 0.0840. The molecule has 0 aliphatic carbocycles. The van der Waals surface area contributed by atoms with Gasteiger partial charge < -0.3 is 9.88 Å². The molecule has 3 aromatic heterocycles. The predicted molar refractivity (Wildman–Crippen MR) is 99.5 cm³/mol. The van der Waals surface area contributed by atoms with Gasteiger partial charge in [-0.25, -0.2) is 0 Å². The van der Waals surface area contributed by atoms with E-state index in [1.807, 2.05) is 52.3 Å². The smallest absolute Gasteiger partial charge is 0.255 e. The third-order valence-electron chi connectivity index (χ3n) is 5.02. The molecule has 0 spiro atoms. The van der Waals surface area contributed by atoms with E-state index in [4.69, 9.17) is 0 Å². The number of aromatic nitrogens is 4. The number of piperidine rings is 1. The first-order valence-corrected chi connectivity index (χ1v) is 9.19. The van der Waals surface area contributed by atoms with E-state index in [0.29, 0.717) is 5.56 Å². The Labute approximate surface area is 152 Å². The SMILES string of the molecule is O=C(c1ccc(-c2ccc[nH]2)nc1)N1CCCC[C@H]1CCn1cccn1. The van der Waals surface area contributed by atoms with Gasteiger partial charge in [0.15, 0.2) is 0 Å². The number of hydrogen-bond acceptors (Lipinski definition) is 3. The fourth-order valence-corrected chi connectivity index (χ4v) is 3.62. The molecule has 1 fully saturated rings. The number of aryl methyl sites for hydroxylation is 1. The Hall–Kier alpha value is -2.89. The van der Waals surface area contributed by atoms with Crippen LogP contribution in [0, 0.1) is 0 Å². The van der Waals surface area contributed by atoms with Crippen LogP contribution in [0.15, 0.2) is 55.1 Å². The van der Waals surface area contributed by atoms with Gasteiger partial charge in [-0.3, -0.25) is 14.5 Å². The maximum atomic E-state index is 13.0. The van der Waals surface area contributed by atoms with Gasteiger partial charge in [-0.1, -0.05) is 0 Å². The zero-order chi connectivity index (χ0) is 17.8. The van der Waals surface area contributed by atoms with E-state index in [1.54, 1.807) is 12.4 Å². The second kappa shape index (κ2) is 7.56. The number of likely N-dealkylation sites (tertiary alicyclic amines) is 1. The minimum Gasteiger partial charge on any atom is -0.360 e. The van der Waals surface area contributed by atoms with Gasteiger partial charge in [0, 0.05) is 43.9 Å². The number of nitrogens with zero attached hydrogens (tertiary/aromatic N) is 4. The first-order chi connectivity index (χ1) is 12.8. The molecule has 1 N–H and O–H groups in total. The molecule has 1 saturated heterocycles. The van der Waals surface area contributed by atoms with Crippen LogP contribution in [0.1, 0.15) is 36.0 Å². The van der Waals surface area contributed by atoms with Gasteiger partial charge in [-0.2, -0.15) is 5.10 Å². The monoisotopic (exact) mass is 349 g/mol. The average molecular weight is 349 g/mol. The predicted octanol–water partition coefficient (Wildman–Crippen LogP) is 3.36. The van der Waals surface area contributed by atoms with E-state index in [0.717, 1.165) is 43.7 Å². The first-order valence-electron chi connectivity index (χ1n) is 9.19. The van der Waals surface area contributed by atoms with Crippen LogP contribution in [0.4, 0.5) is 0 Å². The third-order valence-corrected chi connectivity index (χ3v) is 5.02. The molecule has 0 aromatic carbocycles. The Kier molecular flexibility index (Phi) is 4.82. The minimum atomic E-state index is 0.0840. The highest BCUT2D eigenvalue weighted by atomic mass is 16.2. The normalized spacial score (nSPS) is 17.4. The van der Waals surface area contributed by atoms with E-state index < -0.39 is 0 Å². The standard InChI is InChI=1S/C20H23N5O/c26-20(16-7-8-19(22-15-16)18-6-3-10-21-18)25-13-2-1-5-17(25)9-14-24-12-4-11-23-24/h3-4,6-8,10-12,15,17,21H,1-2,5,9,13-14H2/t17-/m0/s1. The molecule has 26 heavy (non-hydrogen) atoms. The summed E-state index contributed by atoms with van der Waals surface area (Å²) in [7, 11) is 0. The molecule has 1 amide bonds. The van der Waals surface area contributed by atoms with Gasteiger partial charge in [0.05, 0.1) is 17.0 Å². The summed E-state index contributed by atoms with van der Waals surface area (Å²) in [6.45, 7) is 1.66. The van der Waals surface area contributed by atoms with Crippen LogP contribution in [-0.2, 0) is 6.54 Å². The highest BCUT2D eigenvalue weighted by molar-refractivity contribution is 5.94. The van der Waals surface area contributed by atoms with Crippen LogP contribution < -0.4 is 0 Å².